The van der Waals surface area contributed by atoms with E-state index >= 15 is 0 Å². The summed E-state index contributed by atoms with van der Waals surface area (Å²) in [5, 5.41) is 4.24. The maximum atomic E-state index is 12.7. The van der Waals surface area contributed by atoms with Crippen molar-refractivity contribution in [3.05, 3.63) is 28.2 Å². The molecule has 7 nitrogen and oxygen atoms in total. The highest BCUT2D eigenvalue weighted by Crippen LogP contribution is 2.26. The molecule has 1 aromatic heterocycles. The Morgan fingerprint density at radius 3 is 2.62 bits per heavy atom. The maximum absolute atomic E-state index is 12.7. The van der Waals surface area contributed by atoms with Crippen LogP contribution in [0.2, 0.25) is 0 Å². The number of rotatable bonds is 5. The monoisotopic (exact) mass is 335 g/mol. The molecule has 0 atom stereocenters. The summed E-state index contributed by atoms with van der Waals surface area (Å²) in [4.78, 5) is 26.3. The average Bonchev–Trinajstić information content (AvgIpc) is 3.15. The number of aromatic nitrogens is 2. The third-order valence-corrected chi connectivity index (χ3v) is 4.67. The Kier molecular flexibility index (Phi) is 5.63. The van der Waals surface area contributed by atoms with Gasteiger partial charge in [-0.25, -0.2) is 4.68 Å². The largest absolute Gasteiger partial charge is 0.350 e. The Hall–Kier alpha value is -1.73. The molecule has 2 aliphatic rings. The summed E-state index contributed by atoms with van der Waals surface area (Å²) < 4.78 is 12.5. The van der Waals surface area contributed by atoms with Crippen molar-refractivity contribution in [2.24, 2.45) is 5.92 Å². The normalized spacial score (nSPS) is 19.8. The Bertz CT molecular complexity index is 617. The van der Waals surface area contributed by atoms with Crippen LogP contribution in [0.5, 0.6) is 0 Å². The summed E-state index contributed by atoms with van der Waals surface area (Å²) in [5.41, 5.74) is 0.187. The molecular formula is C17H25N3O4. The van der Waals surface area contributed by atoms with E-state index in [1.54, 1.807) is 0 Å². The van der Waals surface area contributed by atoms with Gasteiger partial charge in [0, 0.05) is 31.6 Å². The molecule has 3 heterocycles. The number of carbonyl (C=O) groups is 1. The lowest BCUT2D eigenvalue weighted by atomic mass is 9.96. The summed E-state index contributed by atoms with van der Waals surface area (Å²) in [6, 6.07) is 2.96. The summed E-state index contributed by atoms with van der Waals surface area (Å²) in [5.74, 6) is 0.245. The molecule has 132 valence electrons. The minimum Gasteiger partial charge on any atom is -0.350 e. The predicted molar refractivity (Wildman–Crippen MR) is 87.7 cm³/mol. The van der Waals surface area contributed by atoms with Crippen molar-refractivity contribution in [1.29, 1.82) is 0 Å². The van der Waals surface area contributed by atoms with E-state index in [-0.39, 0.29) is 17.8 Å². The molecule has 2 fully saturated rings. The van der Waals surface area contributed by atoms with Gasteiger partial charge in [0.05, 0.1) is 13.2 Å². The summed E-state index contributed by atoms with van der Waals surface area (Å²) in [7, 11) is 0. The van der Waals surface area contributed by atoms with Crippen molar-refractivity contribution < 1.29 is 14.3 Å². The SMILES string of the molecule is CCCCn1nc(C(=O)N2CCC(C3OCCO3)CC2)ccc1=O. The highest BCUT2D eigenvalue weighted by atomic mass is 16.7. The average molecular weight is 335 g/mol. The van der Waals surface area contributed by atoms with Crippen molar-refractivity contribution in [3.8, 4) is 0 Å². The minimum atomic E-state index is -0.158. The third kappa shape index (κ3) is 3.84. The molecule has 2 aliphatic heterocycles. The number of hydrogen-bond donors (Lipinski definition) is 0. The Balaban J connectivity index is 1.61. The molecule has 0 N–H and O–H groups in total. The van der Waals surface area contributed by atoms with Crippen LogP contribution in [0.4, 0.5) is 0 Å². The van der Waals surface area contributed by atoms with Gasteiger partial charge in [-0.3, -0.25) is 9.59 Å². The molecule has 24 heavy (non-hydrogen) atoms. The van der Waals surface area contributed by atoms with E-state index in [1.807, 2.05) is 4.90 Å². The van der Waals surface area contributed by atoms with Gasteiger partial charge in [0.15, 0.2) is 6.29 Å². The van der Waals surface area contributed by atoms with E-state index in [1.165, 1.54) is 16.8 Å². The number of likely N-dealkylation sites (tertiary alicyclic amines) is 1. The molecule has 0 unspecified atom stereocenters. The van der Waals surface area contributed by atoms with Crippen molar-refractivity contribution in [1.82, 2.24) is 14.7 Å². The topological polar surface area (TPSA) is 73.7 Å². The molecule has 0 radical (unpaired) electrons. The number of piperidine rings is 1. The zero-order valence-electron chi connectivity index (χ0n) is 14.1. The highest BCUT2D eigenvalue weighted by Gasteiger charge is 2.32. The molecule has 0 bridgehead atoms. The zero-order chi connectivity index (χ0) is 16.9. The van der Waals surface area contributed by atoms with Crippen molar-refractivity contribution >= 4 is 5.91 Å². The van der Waals surface area contributed by atoms with Crippen LogP contribution in [0.15, 0.2) is 16.9 Å². The smallest absolute Gasteiger partial charge is 0.274 e. The maximum Gasteiger partial charge on any atom is 0.274 e. The fourth-order valence-electron chi connectivity index (χ4n) is 3.22. The third-order valence-electron chi connectivity index (χ3n) is 4.67. The van der Waals surface area contributed by atoms with E-state index in [0.717, 1.165) is 25.7 Å². The van der Waals surface area contributed by atoms with Gasteiger partial charge in [0.2, 0.25) is 0 Å². The number of nitrogens with zero attached hydrogens (tertiary/aromatic N) is 3. The van der Waals surface area contributed by atoms with Crippen molar-refractivity contribution in [3.63, 3.8) is 0 Å². The minimum absolute atomic E-state index is 0.105. The van der Waals surface area contributed by atoms with E-state index in [2.05, 4.69) is 12.0 Å². The summed E-state index contributed by atoms with van der Waals surface area (Å²) in [6.07, 6.45) is 3.47. The van der Waals surface area contributed by atoms with Gasteiger partial charge in [0.25, 0.3) is 11.5 Å². The molecule has 0 aliphatic carbocycles. The zero-order valence-corrected chi connectivity index (χ0v) is 14.1. The van der Waals surface area contributed by atoms with Gasteiger partial charge < -0.3 is 14.4 Å². The van der Waals surface area contributed by atoms with Crippen LogP contribution in [0.25, 0.3) is 0 Å². The van der Waals surface area contributed by atoms with E-state index in [9.17, 15) is 9.59 Å². The van der Waals surface area contributed by atoms with Gasteiger partial charge >= 0.3 is 0 Å². The molecule has 3 rings (SSSR count). The number of aryl methyl sites for hydroxylation is 1. The molecular weight excluding hydrogens is 310 g/mol. The Morgan fingerprint density at radius 2 is 1.96 bits per heavy atom. The summed E-state index contributed by atoms with van der Waals surface area (Å²) in [6.45, 7) is 5.27. The molecule has 1 amide bonds. The van der Waals surface area contributed by atoms with E-state index in [4.69, 9.17) is 9.47 Å². The second kappa shape index (κ2) is 7.90. The first kappa shape index (κ1) is 17.1. The molecule has 0 saturated carbocycles. The second-order valence-corrected chi connectivity index (χ2v) is 6.37. The Morgan fingerprint density at radius 1 is 1.25 bits per heavy atom. The van der Waals surface area contributed by atoms with E-state index < -0.39 is 0 Å². The first-order chi connectivity index (χ1) is 11.7. The lowest BCUT2D eigenvalue weighted by Crippen LogP contribution is -2.42. The lowest BCUT2D eigenvalue weighted by molar-refractivity contribution is -0.0956. The molecule has 7 heteroatoms. The number of ether oxygens (including phenoxy) is 2. The van der Waals surface area contributed by atoms with Crippen LogP contribution in [-0.2, 0) is 16.0 Å². The van der Waals surface area contributed by atoms with Crippen LogP contribution in [0.1, 0.15) is 43.1 Å². The van der Waals surface area contributed by atoms with Crippen LogP contribution < -0.4 is 5.56 Å². The van der Waals surface area contributed by atoms with E-state index in [0.29, 0.717) is 44.5 Å². The van der Waals surface area contributed by atoms with Gasteiger partial charge in [-0.05, 0) is 25.3 Å². The second-order valence-electron chi connectivity index (χ2n) is 6.37. The van der Waals surface area contributed by atoms with Crippen LogP contribution in [-0.4, -0.2) is 53.2 Å². The number of carbonyl (C=O) groups excluding carboxylic acids is 1. The van der Waals surface area contributed by atoms with Gasteiger partial charge in [-0.15, -0.1) is 0 Å². The quantitative estimate of drug-likeness (QED) is 0.810. The predicted octanol–water partition coefficient (Wildman–Crippen LogP) is 1.27. The molecule has 0 aromatic carbocycles. The first-order valence-electron chi connectivity index (χ1n) is 8.79. The lowest BCUT2D eigenvalue weighted by Gasteiger charge is -2.33. The highest BCUT2D eigenvalue weighted by molar-refractivity contribution is 5.92. The standard InChI is InChI=1S/C17H25N3O4/c1-2-3-8-20-15(21)5-4-14(18-20)16(22)19-9-6-13(7-10-19)17-23-11-12-24-17/h4-5,13,17H,2-3,6-12H2,1H3. The van der Waals surface area contributed by atoms with Gasteiger partial charge in [-0.2, -0.15) is 5.10 Å². The number of hydrogen-bond acceptors (Lipinski definition) is 5. The van der Waals surface area contributed by atoms with Crippen molar-refractivity contribution in [2.45, 2.75) is 45.4 Å². The van der Waals surface area contributed by atoms with Gasteiger partial charge in [-0.1, -0.05) is 13.3 Å². The molecule has 1 aromatic rings. The van der Waals surface area contributed by atoms with Crippen LogP contribution in [0, 0.1) is 5.92 Å². The van der Waals surface area contributed by atoms with Gasteiger partial charge in [0.1, 0.15) is 5.69 Å². The Labute approximate surface area is 141 Å². The fourth-order valence-corrected chi connectivity index (χ4v) is 3.22. The first-order valence-corrected chi connectivity index (χ1v) is 8.79. The fraction of sp³-hybridized carbons (Fsp3) is 0.706. The van der Waals surface area contributed by atoms with Crippen LogP contribution in [0.3, 0.4) is 0 Å². The molecule has 2 saturated heterocycles. The summed E-state index contributed by atoms with van der Waals surface area (Å²) >= 11 is 0. The van der Waals surface area contributed by atoms with Crippen molar-refractivity contribution in [2.75, 3.05) is 26.3 Å². The number of unbranched alkanes of at least 4 members (excludes halogenated alkanes) is 1. The number of amides is 1. The van der Waals surface area contributed by atoms with Crippen LogP contribution >= 0.6 is 0 Å². The molecule has 0 spiro atoms.